The van der Waals surface area contributed by atoms with Gasteiger partial charge in [-0.15, -0.1) is 0 Å². The Morgan fingerprint density at radius 2 is 1.91 bits per heavy atom. The number of carbonyl (C=O) groups excluding carboxylic acids is 1. The van der Waals surface area contributed by atoms with Gasteiger partial charge in [-0.2, -0.15) is 0 Å². The van der Waals surface area contributed by atoms with Crippen molar-refractivity contribution in [2.75, 3.05) is 17.3 Å². The fourth-order valence-electron chi connectivity index (χ4n) is 2.05. The molecule has 5 heteroatoms. The Morgan fingerprint density at radius 3 is 2.50 bits per heavy atom. The average Bonchev–Trinajstić information content (AvgIpc) is 2.48. The predicted molar refractivity (Wildman–Crippen MR) is 90.1 cm³/mol. The minimum atomic E-state index is -0.243. The molecule has 2 N–H and O–H groups in total. The molecule has 2 amide bonds. The molecule has 0 bridgehead atoms. The number of benzene rings is 1. The Kier molecular flexibility index (Phi) is 5.36. The maximum absolute atomic E-state index is 11.6. The molecule has 0 saturated carbocycles. The largest absolute Gasteiger partial charge is 0.369 e. The summed E-state index contributed by atoms with van der Waals surface area (Å²) in [5.41, 5.74) is 2.24. The summed E-state index contributed by atoms with van der Waals surface area (Å²) in [6, 6.07) is 13.9. The van der Waals surface area contributed by atoms with E-state index in [0.29, 0.717) is 5.82 Å². The van der Waals surface area contributed by atoms with E-state index in [1.165, 1.54) is 5.56 Å². The van der Waals surface area contributed by atoms with Crippen LogP contribution in [0.25, 0.3) is 0 Å². The van der Waals surface area contributed by atoms with Gasteiger partial charge in [0.25, 0.3) is 0 Å². The normalized spacial score (nSPS) is 10.4. The number of rotatable bonds is 5. The molecule has 0 fully saturated rings. The molecule has 1 aromatic heterocycles. The molecular weight excluding hydrogens is 276 g/mol. The lowest BCUT2D eigenvalue weighted by atomic mass is 10.2. The molecule has 0 aliphatic heterocycles. The van der Waals surface area contributed by atoms with E-state index >= 15 is 0 Å². The third-order valence-electron chi connectivity index (χ3n) is 3.11. The number of hydrogen-bond acceptors (Lipinski definition) is 3. The zero-order chi connectivity index (χ0) is 15.9. The molecule has 0 spiro atoms. The highest BCUT2D eigenvalue weighted by Gasteiger charge is 2.06. The number of urea groups is 1. The van der Waals surface area contributed by atoms with Gasteiger partial charge in [0.15, 0.2) is 0 Å². The highest BCUT2D eigenvalue weighted by atomic mass is 16.2. The molecule has 1 heterocycles. The van der Waals surface area contributed by atoms with Gasteiger partial charge in [0.2, 0.25) is 0 Å². The summed E-state index contributed by atoms with van der Waals surface area (Å²) >= 11 is 0. The van der Waals surface area contributed by atoms with Gasteiger partial charge >= 0.3 is 6.03 Å². The van der Waals surface area contributed by atoms with Gasteiger partial charge in [0.05, 0.1) is 11.9 Å². The van der Waals surface area contributed by atoms with Gasteiger partial charge in [0, 0.05) is 19.6 Å². The van der Waals surface area contributed by atoms with Gasteiger partial charge in [0.1, 0.15) is 5.82 Å². The minimum absolute atomic E-state index is 0.0938. The van der Waals surface area contributed by atoms with Crippen molar-refractivity contribution in [3.63, 3.8) is 0 Å². The Morgan fingerprint density at radius 1 is 1.18 bits per heavy atom. The number of aromatic nitrogens is 1. The highest BCUT2D eigenvalue weighted by Crippen LogP contribution is 2.16. The second-order valence-electron chi connectivity index (χ2n) is 5.50. The standard InChI is InChI=1S/C17H22N4O/c1-13(2)19-17(22)20-16-10-9-15(11-18-16)21(3)12-14-7-5-4-6-8-14/h4-11,13H,12H2,1-3H3,(H2,18,19,20,22). The van der Waals surface area contributed by atoms with Crippen molar-refractivity contribution in [2.24, 2.45) is 0 Å². The molecule has 0 radical (unpaired) electrons. The fourth-order valence-corrected chi connectivity index (χ4v) is 2.05. The second-order valence-corrected chi connectivity index (χ2v) is 5.50. The van der Waals surface area contributed by atoms with Crippen LogP contribution in [0.3, 0.4) is 0 Å². The van der Waals surface area contributed by atoms with Gasteiger partial charge < -0.3 is 10.2 Å². The van der Waals surface area contributed by atoms with Crippen LogP contribution in [0, 0.1) is 0 Å². The number of nitrogens with zero attached hydrogens (tertiary/aromatic N) is 2. The number of hydrogen-bond donors (Lipinski definition) is 2. The maximum Gasteiger partial charge on any atom is 0.320 e. The summed E-state index contributed by atoms with van der Waals surface area (Å²) in [5, 5.41) is 5.47. The number of amides is 2. The molecule has 5 nitrogen and oxygen atoms in total. The zero-order valence-corrected chi connectivity index (χ0v) is 13.2. The average molecular weight is 298 g/mol. The molecule has 22 heavy (non-hydrogen) atoms. The lowest BCUT2D eigenvalue weighted by Crippen LogP contribution is -2.34. The Balaban J connectivity index is 1.95. The number of anilines is 2. The summed E-state index contributed by atoms with van der Waals surface area (Å²) in [4.78, 5) is 18.0. The van der Waals surface area contributed by atoms with Gasteiger partial charge in [-0.05, 0) is 31.5 Å². The monoisotopic (exact) mass is 298 g/mol. The summed E-state index contributed by atoms with van der Waals surface area (Å²) in [7, 11) is 2.02. The first-order chi connectivity index (χ1) is 10.5. The molecule has 1 aromatic carbocycles. The lowest BCUT2D eigenvalue weighted by Gasteiger charge is -2.19. The van der Waals surface area contributed by atoms with Crippen molar-refractivity contribution in [3.05, 3.63) is 54.2 Å². The van der Waals surface area contributed by atoms with Crippen molar-refractivity contribution in [2.45, 2.75) is 26.4 Å². The van der Waals surface area contributed by atoms with Crippen LogP contribution in [-0.4, -0.2) is 24.1 Å². The quantitative estimate of drug-likeness (QED) is 0.891. The van der Waals surface area contributed by atoms with Crippen molar-refractivity contribution in [1.29, 1.82) is 0 Å². The number of nitrogens with one attached hydrogen (secondary N) is 2. The van der Waals surface area contributed by atoms with Crippen LogP contribution >= 0.6 is 0 Å². The predicted octanol–water partition coefficient (Wildman–Crippen LogP) is 3.25. The van der Waals surface area contributed by atoms with E-state index in [1.54, 1.807) is 12.3 Å². The van der Waals surface area contributed by atoms with Crippen LogP contribution in [0.15, 0.2) is 48.7 Å². The van der Waals surface area contributed by atoms with Crippen LogP contribution in [0.1, 0.15) is 19.4 Å². The Bertz CT molecular complexity index is 596. The van der Waals surface area contributed by atoms with Crippen molar-refractivity contribution >= 4 is 17.5 Å². The van der Waals surface area contributed by atoms with Gasteiger partial charge in [-0.25, -0.2) is 9.78 Å². The van der Waals surface area contributed by atoms with Crippen molar-refractivity contribution in [3.8, 4) is 0 Å². The summed E-state index contributed by atoms with van der Waals surface area (Å²) in [5.74, 6) is 0.537. The molecule has 0 unspecified atom stereocenters. The molecule has 116 valence electrons. The fraction of sp³-hybridized carbons (Fsp3) is 0.294. The van der Waals surface area contributed by atoms with E-state index in [-0.39, 0.29) is 12.1 Å². The topological polar surface area (TPSA) is 57.3 Å². The third kappa shape index (κ3) is 4.77. The molecule has 0 aliphatic carbocycles. The molecule has 2 rings (SSSR count). The van der Waals surface area contributed by atoms with E-state index < -0.39 is 0 Å². The van der Waals surface area contributed by atoms with Crippen LogP contribution < -0.4 is 15.5 Å². The summed E-state index contributed by atoms with van der Waals surface area (Å²) in [6.45, 7) is 4.63. The van der Waals surface area contributed by atoms with Crippen molar-refractivity contribution in [1.82, 2.24) is 10.3 Å². The first-order valence-electron chi connectivity index (χ1n) is 7.33. The minimum Gasteiger partial charge on any atom is -0.369 e. The SMILES string of the molecule is CC(C)NC(=O)Nc1ccc(N(C)Cc2ccccc2)cn1. The van der Waals surface area contributed by atoms with E-state index in [9.17, 15) is 4.79 Å². The zero-order valence-electron chi connectivity index (χ0n) is 13.2. The third-order valence-corrected chi connectivity index (χ3v) is 3.11. The first kappa shape index (κ1) is 15.8. The summed E-state index contributed by atoms with van der Waals surface area (Å²) in [6.07, 6.45) is 1.76. The summed E-state index contributed by atoms with van der Waals surface area (Å²) < 4.78 is 0. The molecule has 0 aliphatic rings. The Labute approximate surface area is 131 Å². The van der Waals surface area contributed by atoms with Crippen LogP contribution in [0.2, 0.25) is 0 Å². The first-order valence-corrected chi connectivity index (χ1v) is 7.33. The molecule has 0 atom stereocenters. The second kappa shape index (κ2) is 7.45. The molecular formula is C17H22N4O. The highest BCUT2D eigenvalue weighted by molar-refractivity contribution is 5.88. The van der Waals surface area contributed by atoms with Crippen LogP contribution in [0.4, 0.5) is 16.3 Å². The van der Waals surface area contributed by atoms with Crippen molar-refractivity contribution < 1.29 is 4.79 Å². The lowest BCUT2D eigenvalue weighted by molar-refractivity contribution is 0.250. The molecule has 0 saturated heterocycles. The van der Waals surface area contributed by atoms with E-state index in [4.69, 9.17) is 0 Å². The molecule has 2 aromatic rings. The van der Waals surface area contributed by atoms with E-state index in [0.717, 1.165) is 12.2 Å². The van der Waals surface area contributed by atoms with Crippen LogP contribution in [-0.2, 0) is 6.54 Å². The van der Waals surface area contributed by atoms with Crippen LogP contribution in [0.5, 0.6) is 0 Å². The Hall–Kier alpha value is -2.56. The number of pyridine rings is 1. The smallest absolute Gasteiger partial charge is 0.320 e. The number of carbonyl (C=O) groups is 1. The van der Waals surface area contributed by atoms with E-state index in [2.05, 4.69) is 32.7 Å². The van der Waals surface area contributed by atoms with Gasteiger partial charge in [-0.1, -0.05) is 30.3 Å². The van der Waals surface area contributed by atoms with Gasteiger partial charge in [-0.3, -0.25) is 5.32 Å². The van der Waals surface area contributed by atoms with E-state index in [1.807, 2.05) is 45.2 Å². The maximum atomic E-state index is 11.6.